The van der Waals surface area contributed by atoms with Crippen molar-refractivity contribution in [2.45, 2.75) is 12.2 Å². The van der Waals surface area contributed by atoms with Crippen LogP contribution in [-0.2, 0) is 0 Å². The van der Waals surface area contributed by atoms with Gasteiger partial charge >= 0.3 is 0 Å². The number of anilines is 3. The number of benzene rings is 11. The summed E-state index contributed by atoms with van der Waals surface area (Å²) in [5, 5.41) is 9.22. The Bertz CT molecular complexity index is 3590. The van der Waals surface area contributed by atoms with Crippen LogP contribution in [0, 0.1) is 0 Å². The topological polar surface area (TPSA) is 29.4 Å². The molecular formula is C70H52N3-. The molecule has 0 aromatic heterocycles. The van der Waals surface area contributed by atoms with E-state index in [0.717, 1.165) is 45.0 Å². The summed E-state index contributed by atoms with van der Waals surface area (Å²) in [7, 11) is 0. The van der Waals surface area contributed by atoms with Crippen molar-refractivity contribution in [2.75, 3.05) is 4.90 Å². The molecule has 12 rings (SSSR count). The molecule has 0 bridgehead atoms. The summed E-state index contributed by atoms with van der Waals surface area (Å²) in [5.74, 6) is 0. The predicted molar refractivity (Wildman–Crippen MR) is 307 cm³/mol. The van der Waals surface area contributed by atoms with E-state index in [9.17, 15) is 0 Å². The van der Waals surface area contributed by atoms with Gasteiger partial charge in [-0.1, -0.05) is 255 Å². The van der Waals surface area contributed by atoms with Crippen LogP contribution in [0.3, 0.4) is 0 Å². The van der Waals surface area contributed by atoms with E-state index in [4.69, 9.17) is 5.32 Å². The van der Waals surface area contributed by atoms with Gasteiger partial charge in [0, 0.05) is 23.1 Å². The van der Waals surface area contributed by atoms with Gasteiger partial charge in [-0.15, -0.1) is 5.70 Å². The summed E-state index contributed by atoms with van der Waals surface area (Å²) >= 11 is 0. The Morgan fingerprint density at radius 1 is 0.260 bits per heavy atom. The highest BCUT2D eigenvalue weighted by atomic mass is 15.2. The lowest BCUT2D eigenvalue weighted by Gasteiger charge is -2.44. The smallest absolute Gasteiger partial charge is 0.0489 e. The molecule has 0 saturated carbocycles. The van der Waals surface area contributed by atoms with Gasteiger partial charge in [-0.3, -0.25) is 0 Å². The van der Waals surface area contributed by atoms with Crippen LogP contribution in [0.5, 0.6) is 0 Å². The summed E-state index contributed by atoms with van der Waals surface area (Å²) in [6.45, 7) is 0. The fourth-order valence-corrected chi connectivity index (χ4v) is 9.96. The maximum Gasteiger partial charge on any atom is 0.0489 e. The van der Waals surface area contributed by atoms with E-state index in [-0.39, 0.29) is 12.2 Å². The molecule has 0 amide bonds. The number of rotatable bonds is 12. The molecule has 348 valence electrons. The average molecular weight is 935 g/mol. The average Bonchev–Trinajstić information content (AvgIpc) is 3.49. The molecule has 3 heteroatoms. The summed E-state index contributed by atoms with van der Waals surface area (Å²) < 4.78 is 0. The molecule has 73 heavy (non-hydrogen) atoms. The minimum atomic E-state index is -0.227. The Labute approximate surface area is 429 Å². The van der Waals surface area contributed by atoms with E-state index in [1.165, 1.54) is 61.2 Å². The van der Waals surface area contributed by atoms with Gasteiger partial charge < -0.3 is 15.5 Å². The van der Waals surface area contributed by atoms with Crippen LogP contribution in [-0.4, -0.2) is 0 Å². The molecule has 1 aliphatic heterocycles. The van der Waals surface area contributed by atoms with Crippen LogP contribution in [0.15, 0.2) is 297 Å². The molecule has 0 aliphatic carbocycles. The molecule has 11 aromatic carbocycles. The lowest BCUT2D eigenvalue weighted by Crippen LogP contribution is -2.28. The lowest BCUT2D eigenvalue weighted by molar-refractivity contribution is 0.541. The molecule has 1 aliphatic rings. The second kappa shape index (κ2) is 20.6. The summed E-state index contributed by atoms with van der Waals surface area (Å²) in [4.78, 5) is 2.34. The van der Waals surface area contributed by atoms with Crippen LogP contribution in [0.4, 0.5) is 17.1 Å². The molecule has 0 saturated heterocycles. The van der Waals surface area contributed by atoms with Gasteiger partial charge in [0.25, 0.3) is 0 Å². The maximum absolute atomic E-state index is 5.36. The minimum absolute atomic E-state index is 0.0390. The first-order valence-electron chi connectivity index (χ1n) is 25.1. The number of nitrogens with one attached hydrogen (secondary N) is 1. The molecule has 0 spiro atoms. The van der Waals surface area contributed by atoms with E-state index in [1.807, 2.05) is 0 Å². The molecular weight excluding hydrogens is 883 g/mol. The van der Waals surface area contributed by atoms with Gasteiger partial charge in [0.05, 0.1) is 0 Å². The number of nitrogens with zero attached hydrogens (tertiary/aromatic N) is 2. The van der Waals surface area contributed by atoms with Crippen LogP contribution in [0.1, 0.15) is 28.9 Å². The second-order valence-electron chi connectivity index (χ2n) is 18.6. The van der Waals surface area contributed by atoms with E-state index in [0.29, 0.717) is 0 Å². The van der Waals surface area contributed by atoms with Gasteiger partial charge in [0.15, 0.2) is 0 Å². The van der Waals surface area contributed by atoms with Crippen molar-refractivity contribution in [1.82, 2.24) is 5.32 Å². The highest BCUT2D eigenvalue weighted by Crippen LogP contribution is 2.42. The zero-order valence-corrected chi connectivity index (χ0v) is 40.3. The van der Waals surface area contributed by atoms with Crippen molar-refractivity contribution >= 4 is 22.8 Å². The highest BCUT2D eigenvalue weighted by Gasteiger charge is 2.19. The Morgan fingerprint density at radius 3 is 0.945 bits per heavy atom. The number of hydrogen-bond acceptors (Lipinski definition) is 2. The molecule has 1 N–H and O–H groups in total. The van der Waals surface area contributed by atoms with Crippen LogP contribution in [0.2, 0.25) is 0 Å². The lowest BCUT2D eigenvalue weighted by atomic mass is 9.95. The Kier molecular flexibility index (Phi) is 12.7. The largest absolute Gasteiger partial charge is 0.666 e. The summed E-state index contributed by atoms with van der Waals surface area (Å²) in [6.07, 6.45) is 2.04. The molecule has 0 fully saturated rings. The minimum Gasteiger partial charge on any atom is -0.666 e. The summed E-state index contributed by atoms with van der Waals surface area (Å²) in [5.41, 5.74) is 21.9. The third-order valence-electron chi connectivity index (χ3n) is 13.9. The first-order valence-corrected chi connectivity index (χ1v) is 25.1. The van der Waals surface area contributed by atoms with Crippen molar-refractivity contribution in [2.24, 2.45) is 0 Å². The maximum atomic E-state index is 5.36. The van der Waals surface area contributed by atoms with Gasteiger partial charge in [0.2, 0.25) is 0 Å². The molecule has 2 atom stereocenters. The van der Waals surface area contributed by atoms with E-state index < -0.39 is 0 Å². The zero-order valence-electron chi connectivity index (χ0n) is 40.3. The Morgan fingerprint density at radius 2 is 0.548 bits per heavy atom. The van der Waals surface area contributed by atoms with Gasteiger partial charge in [-0.05, 0) is 132 Å². The highest BCUT2D eigenvalue weighted by molar-refractivity contribution is 5.83. The van der Waals surface area contributed by atoms with Crippen LogP contribution < -0.4 is 10.2 Å². The van der Waals surface area contributed by atoms with Gasteiger partial charge in [0.1, 0.15) is 0 Å². The van der Waals surface area contributed by atoms with E-state index in [2.05, 4.69) is 307 Å². The zero-order chi connectivity index (χ0) is 48.8. The monoisotopic (exact) mass is 934 g/mol. The van der Waals surface area contributed by atoms with Crippen molar-refractivity contribution in [3.8, 4) is 66.8 Å². The third kappa shape index (κ3) is 9.91. The fraction of sp³-hybridized carbons (Fsp3) is 0.0286. The fourth-order valence-electron chi connectivity index (χ4n) is 9.96. The van der Waals surface area contributed by atoms with Gasteiger partial charge in [-0.2, -0.15) is 0 Å². The van der Waals surface area contributed by atoms with E-state index in [1.54, 1.807) is 0 Å². The predicted octanol–water partition coefficient (Wildman–Crippen LogP) is 18.9. The Balaban J connectivity index is 0.829. The molecule has 11 aromatic rings. The van der Waals surface area contributed by atoms with Crippen LogP contribution >= 0.6 is 0 Å². The SMILES string of the molecule is C1=C(c2ccc(-c3ccc(N(c4ccc(-c5ccccc5)cc4)c4ccc(-c5cccc(-c6ccccc6)c5)cc4)cc3)cc2)[N-]C(c2ccc(-c3ccccc3)cc2)NC1c1ccc(-c2ccccc2)cc1. The number of hydrogen-bond donors (Lipinski definition) is 1. The third-order valence-corrected chi connectivity index (χ3v) is 13.9. The van der Waals surface area contributed by atoms with E-state index >= 15 is 0 Å². The quantitative estimate of drug-likeness (QED) is 0.132. The molecule has 3 nitrogen and oxygen atoms in total. The van der Waals surface area contributed by atoms with Crippen molar-refractivity contribution in [1.29, 1.82) is 0 Å². The molecule has 2 unspecified atom stereocenters. The molecule has 1 heterocycles. The normalized spacial score (nSPS) is 14.2. The molecule has 0 radical (unpaired) electrons. The van der Waals surface area contributed by atoms with Crippen molar-refractivity contribution in [3.63, 3.8) is 0 Å². The standard InChI is InChI=1S/C70H52N3/c1-5-14-50(15-6-1)54-24-30-60(31-25-54)68-49-69(72-70(71-68)62-34-28-55(29-35-62)51-16-7-2-8-17-51)61-32-26-56(27-33-61)58-38-44-66(45-39-58)73(65-42-36-57(37-43-65)52-18-9-3-10-19-52)67-46-40-59(41-47-67)64-23-13-22-63(48-64)53-20-11-4-12-21-53/h1-49,68,70-71H/q-1. The first kappa shape index (κ1) is 44.9. The van der Waals surface area contributed by atoms with Crippen LogP contribution in [0.25, 0.3) is 77.8 Å². The second-order valence-corrected chi connectivity index (χ2v) is 18.6. The van der Waals surface area contributed by atoms with Crippen molar-refractivity contribution < 1.29 is 0 Å². The van der Waals surface area contributed by atoms with Gasteiger partial charge in [-0.25, -0.2) is 0 Å². The first-order chi connectivity index (χ1) is 36.1. The van der Waals surface area contributed by atoms with Crippen molar-refractivity contribution in [3.05, 3.63) is 319 Å². The summed E-state index contributed by atoms with van der Waals surface area (Å²) in [6, 6.07) is 104. The Hall–Kier alpha value is -9.28.